The fourth-order valence-electron chi connectivity index (χ4n) is 2.62. The Morgan fingerprint density at radius 1 is 1.50 bits per heavy atom. The van der Waals surface area contributed by atoms with E-state index < -0.39 is 0 Å². The Labute approximate surface area is 117 Å². The molecule has 0 saturated carbocycles. The normalized spacial score (nSPS) is 21.5. The summed E-state index contributed by atoms with van der Waals surface area (Å²) in [5.41, 5.74) is 0.793. The van der Waals surface area contributed by atoms with Crippen molar-refractivity contribution >= 4 is 15.9 Å². The van der Waals surface area contributed by atoms with Gasteiger partial charge in [0.15, 0.2) is 0 Å². The first-order valence-electron chi connectivity index (χ1n) is 6.40. The summed E-state index contributed by atoms with van der Waals surface area (Å²) in [6.07, 6.45) is 2.20. The Morgan fingerprint density at radius 2 is 2.28 bits per heavy atom. The lowest BCUT2D eigenvalue weighted by atomic mass is 9.93. The van der Waals surface area contributed by atoms with Gasteiger partial charge >= 0.3 is 0 Å². The summed E-state index contributed by atoms with van der Waals surface area (Å²) in [5, 5.41) is 3.37. The zero-order valence-corrected chi connectivity index (χ0v) is 12.5. The van der Waals surface area contributed by atoms with E-state index in [1.165, 1.54) is 6.42 Å². The highest BCUT2D eigenvalue weighted by Crippen LogP contribution is 2.31. The molecule has 100 valence electrons. The number of halogens is 2. The van der Waals surface area contributed by atoms with Crippen molar-refractivity contribution in [1.29, 1.82) is 0 Å². The van der Waals surface area contributed by atoms with Crippen molar-refractivity contribution in [1.82, 2.24) is 10.2 Å². The molecule has 1 aromatic rings. The Hall–Kier alpha value is -0.450. The molecule has 0 aliphatic carbocycles. The van der Waals surface area contributed by atoms with Crippen LogP contribution in [0.4, 0.5) is 4.39 Å². The van der Waals surface area contributed by atoms with Crippen LogP contribution < -0.4 is 5.32 Å². The molecular formula is C14H20BrFN2. The van der Waals surface area contributed by atoms with E-state index in [1.54, 1.807) is 12.1 Å². The van der Waals surface area contributed by atoms with Crippen LogP contribution in [0.3, 0.4) is 0 Å². The molecular weight excluding hydrogens is 295 g/mol. The summed E-state index contributed by atoms with van der Waals surface area (Å²) < 4.78 is 14.9. The van der Waals surface area contributed by atoms with Crippen molar-refractivity contribution in [2.45, 2.75) is 18.9 Å². The van der Waals surface area contributed by atoms with Gasteiger partial charge in [-0.3, -0.25) is 0 Å². The molecule has 2 atom stereocenters. The van der Waals surface area contributed by atoms with Gasteiger partial charge in [0.05, 0.1) is 0 Å². The first-order chi connectivity index (χ1) is 8.58. The van der Waals surface area contributed by atoms with Crippen LogP contribution in [0.15, 0.2) is 22.7 Å². The third kappa shape index (κ3) is 3.31. The van der Waals surface area contributed by atoms with Crippen LogP contribution in [0, 0.1) is 11.7 Å². The SMILES string of the molecule is CN(C)C(CC1CCNC1)c1cc(Br)ccc1F. The summed E-state index contributed by atoms with van der Waals surface area (Å²) >= 11 is 3.43. The topological polar surface area (TPSA) is 15.3 Å². The van der Waals surface area contributed by atoms with E-state index in [0.29, 0.717) is 5.92 Å². The number of nitrogens with zero attached hydrogens (tertiary/aromatic N) is 1. The quantitative estimate of drug-likeness (QED) is 0.918. The van der Waals surface area contributed by atoms with E-state index in [1.807, 2.05) is 20.2 Å². The molecule has 2 nitrogen and oxygen atoms in total. The monoisotopic (exact) mass is 314 g/mol. The largest absolute Gasteiger partial charge is 0.316 e. The second-order valence-corrected chi connectivity index (χ2v) is 6.16. The smallest absolute Gasteiger partial charge is 0.128 e. The fourth-order valence-corrected chi connectivity index (χ4v) is 3.00. The van der Waals surface area contributed by atoms with Gasteiger partial charge in [-0.2, -0.15) is 0 Å². The van der Waals surface area contributed by atoms with Crippen molar-refractivity contribution in [2.24, 2.45) is 5.92 Å². The second-order valence-electron chi connectivity index (χ2n) is 5.24. The molecule has 1 heterocycles. The summed E-state index contributed by atoms with van der Waals surface area (Å²) in [6.45, 7) is 2.14. The van der Waals surface area contributed by atoms with Gasteiger partial charge in [-0.25, -0.2) is 4.39 Å². The summed E-state index contributed by atoms with van der Waals surface area (Å²) in [6, 6.07) is 5.35. The Balaban J connectivity index is 2.20. The molecule has 2 unspecified atom stereocenters. The first-order valence-corrected chi connectivity index (χ1v) is 7.19. The average molecular weight is 315 g/mol. The molecule has 1 saturated heterocycles. The highest BCUT2D eigenvalue weighted by Gasteiger charge is 2.24. The predicted octanol–water partition coefficient (Wildman–Crippen LogP) is 3.19. The third-order valence-corrected chi connectivity index (χ3v) is 4.15. The van der Waals surface area contributed by atoms with E-state index in [9.17, 15) is 4.39 Å². The van der Waals surface area contributed by atoms with E-state index in [0.717, 1.165) is 29.5 Å². The van der Waals surface area contributed by atoms with Crippen LogP contribution in [0.2, 0.25) is 0 Å². The van der Waals surface area contributed by atoms with Crippen LogP contribution in [0.1, 0.15) is 24.4 Å². The highest BCUT2D eigenvalue weighted by atomic mass is 79.9. The van der Waals surface area contributed by atoms with Crippen LogP contribution in [-0.4, -0.2) is 32.1 Å². The maximum atomic E-state index is 14.0. The maximum Gasteiger partial charge on any atom is 0.128 e. The molecule has 18 heavy (non-hydrogen) atoms. The number of benzene rings is 1. The second kappa shape index (κ2) is 6.13. The molecule has 0 amide bonds. The van der Waals surface area contributed by atoms with Gasteiger partial charge in [0, 0.05) is 16.1 Å². The number of rotatable bonds is 4. The maximum absolute atomic E-state index is 14.0. The minimum atomic E-state index is -0.108. The molecule has 0 radical (unpaired) electrons. The Kier molecular flexibility index (Phi) is 4.76. The van der Waals surface area contributed by atoms with E-state index in [4.69, 9.17) is 0 Å². The predicted molar refractivity (Wildman–Crippen MR) is 76.1 cm³/mol. The standard InChI is InChI=1S/C14H20BrFN2/c1-18(2)14(7-10-5-6-17-9-10)12-8-11(15)3-4-13(12)16/h3-4,8,10,14,17H,5-7,9H2,1-2H3. The average Bonchev–Trinajstić information content (AvgIpc) is 2.82. The number of hydrogen-bond acceptors (Lipinski definition) is 2. The van der Waals surface area contributed by atoms with Crippen molar-refractivity contribution < 1.29 is 4.39 Å². The molecule has 0 bridgehead atoms. The van der Waals surface area contributed by atoms with E-state index in [2.05, 4.69) is 26.1 Å². The zero-order chi connectivity index (χ0) is 13.1. The van der Waals surface area contributed by atoms with Gasteiger partial charge in [-0.05, 0) is 64.1 Å². The van der Waals surface area contributed by atoms with Crippen molar-refractivity contribution in [3.63, 3.8) is 0 Å². The van der Waals surface area contributed by atoms with Gasteiger partial charge in [0.1, 0.15) is 5.82 Å². The first kappa shape index (κ1) is 14.0. The zero-order valence-electron chi connectivity index (χ0n) is 10.9. The lowest BCUT2D eigenvalue weighted by Gasteiger charge is -2.27. The molecule has 1 fully saturated rings. The van der Waals surface area contributed by atoms with Crippen molar-refractivity contribution in [3.05, 3.63) is 34.1 Å². The van der Waals surface area contributed by atoms with Crippen LogP contribution in [0.5, 0.6) is 0 Å². The molecule has 2 rings (SSSR count). The van der Waals surface area contributed by atoms with E-state index in [-0.39, 0.29) is 11.9 Å². The molecule has 4 heteroatoms. The summed E-state index contributed by atoms with van der Waals surface area (Å²) in [7, 11) is 4.04. The number of hydrogen-bond donors (Lipinski definition) is 1. The van der Waals surface area contributed by atoms with Gasteiger partial charge in [-0.15, -0.1) is 0 Å². The fraction of sp³-hybridized carbons (Fsp3) is 0.571. The van der Waals surface area contributed by atoms with Gasteiger partial charge in [0.25, 0.3) is 0 Å². The molecule has 0 spiro atoms. The molecule has 1 aromatic carbocycles. The molecule has 1 aliphatic rings. The highest BCUT2D eigenvalue weighted by molar-refractivity contribution is 9.10. The summed E-state index contributed by atoms with van der Waals surface area (Å²) in [4.78, 5) is 2.11. The minimum absolute atomic E-state index is 0.108. The minimum Gasteiger partial charge on any atom is -0.316 e. The summed E-state index contributed by atoms with van der Waals surface area (Å²) in [5.74, 6) is 0.540. The Morgan fingerprint density at radius 3 is 2.89 bits per heavy atom. The lowest BCUT2D eigenvalue weighted by Crippen LogP contribution is -2.24. The van der Waals surface area contributed by atoms with E-state index >= 15 is 0 Å². The molecule has 1 N–H and O–H groups in total. The molecule has 0 aromatic heterocycles. The van der Waals surface area contributed by atoms with Gasteiger partial charge in [-0.1, -0.05) is 15.9 Å². The van der Waals surface area contributed by atoms with Crippen LogP contribution in [0.25, 0.3) is 0 Å². The van der Waals surface area contributed by atoms with Crippen LogP contribution >= 0.6 is 15.9 Å². The Bertz CT molecular complexity index is 403. The lowest BCUT2D eigenvalue weighted by molar-refractivity contribution is 0.247. The van der Waals surface area contributed by atoms with Crippen molar-refractivity contribution in [3.8, 4) is 0 Å². The van der Waals surface area contributed by atoms with Gasteiger partial charge in [0.2, 0.25) is 0 Å². The third-order valence-electron chi connectivity index (χ3n) is 3.66. The molecule has 1 aliphatic heterocycles. The van der Waals surface area contributed by atoms with Gasteiger partial charge < -0.3 is 10.2 Å². The van der Waals surface area contributed by atoms with Crippen LogP contribution in [-0.2, 0) is 0 Å². The number of nitrogens with one attached hydrogen (secondary N) is 1. The van der Waals surface area contributed by atoms with Crippen molar-refractivity contribution in [2.75, 3.05) is 27.2 Å².